The zero-order chi connectivity index (χ0) is 22.0. The summed E-state index contributed by atoms with van der Waals surface area (Å²) in [4.78, 5) is 21.2. The van der Waals surface area contributed by atoms with Crippen molar-refractivity contribution in [2.24, 2.45) is 16.6 Å². The first-order valence-electron chi connectivity index (χ1n) is 9.53. The Morgan fingerprint density at radius 2 is 2.32 bits per heavy atom. The van der Waals surface area contributed by atoms with E-state index in [0.29, 0.717) is 34.3 Å². The maximum Gasteiger partial charge on any atom is 0.274 e. The van der Waals surface area contributed by atoms with Gasteiger partial charge in [0.25, 0.3) is 5.91 Å². The minimum absolute atomic E-state index is 0.134. The number of pyridine rings is 1. The van der Waals surface area contributed by atoms with Crippen molar-refractivity contribution >= 4 is 28.5 Å². The molecule has 0 unspecified atom stereocenters. The van der Waals surface area contributed by atoms with E-state index < -0.39 is 17.3 Å². The Hall–Kier alpha value is -3.00. The van der Waals surface area contributed by atoms with E-state index >= 15 is 4.39 Å². The molecule has 4 rings (SSSR count). The molecule has 3 atom stereocenters. The lowest BCUT2D eigenvalue weighted by Gasteiger charge is -2.36. The van der Waals surface area contributed by atoms with Crippen LogP contribution in [0, 0.1) is 23.1 Å². The number of thioether (sulfide) groups is 1. The summed E-state index contributed by atoms with van der Waals surface area (Å²) in [5, 5.41) is 12.0. The molecule has 10 heteroatoms. The minimum atomic E-state index is -0.990. The molecule has 1 amide bonds. The van der Waals surface area contributed by atoms with E-state index in [1.807, 2.05) is 6.07 Å². The molecule has 1 fully saturated rings. The summed E-state index contributed by atoms with van der Waals surface area (Å²) < 4.78 is 26.2. The lowest BCUT2D eigenvalue weighted by atomic mass is 9.78. The van der Waals surface area contributed by atoms with Gasteiger partial charge < -0.3 is 20.5 Å². The highest BCUT2D eigenvalue weighted by Crippen LogP contribution is 2.48. The molecule has 0 aliphatic carbocycles. The van der Waals surface area contributed by atoms with Gasteiger partial charge in [-0.25, -0.2) is 14.4 Å². The van der Waals surface area contributed by atoms with Gasteiger partial charge in [0.05, 0.1) is 24.9 Å². The number of carbonyl (C=O) groups is 1. The van der Waals surface area contributed by atoms with Crippen LogP contribution >= 0.6 is 11.8 Å². The number of aromatic nitrogens is 1. The maximum absolute atomic E-state index is 15.0. The lowest BCUT2D eigenvalue weighted by Crippen LogP contribution is -2.43. The highest BCUT2D eigenvalue weighted by molar-refractivity contribution is 8.13. The van der Waals surface area contributed by atoms with Crippen LogP contribution in [0.3, 0.4) is 0 Å². The molecule has 3 heterocycles. The molecule has 31 heavy (non-hydrogen) atoms. The maximum atomic E-state index is 15.0. The monoisotopic (exact) mass is 441 g/mol. The first kappa shape index (κ1) is 21.2. The molecular weight excluding hydrogens is 421 g/mol. The molecule has 1 aromatic carbocycles. The number of amidine groups is 1. The van der Waals surface area contributed by atoms with Gasteiger partial charge in [-0.05, 0) is 30.3 Å². The Morgan fingerprint density at radius 1 is 1.48 bits per heavy atom. The van der Waals surface area contributed by atoms with Gasteiger partial charge in [0.15, 0.2) is 5.17 Å². The predicted octanol–water partition coefficient (Wildman–Crippen LogP) is 2.26. The van der Waals surface area contributed by atoms with Gasteiger partial charge in [0, 0.05) is 36.2 Å². The smallest absolute Gasteiger partial charge is 0.274 e. The Kier molecular flexibility index (Phi) is 5.91. The van der Waals surface area contributed by atoms with Crippen molar-refractivity contribution in [1.29, 1.82) is 5.26 Å². The quantitative estimate of drug-likeness (QED) is 0.730. The summed E-state index contributed by atoms with van der Waals surface area (Å²) in [5.74, 6) is -0.442. The largest absolute Gasteiger partial charge is 0.382 e. The Labute approximate surface area is 182 Å². The van der Waals surface area contributed by atoms with Crippen LogP contribution < -0.4 is 11.1 Å². The average molecular weight is 441 g/mol. The number of anilines is 1. The number of fused-ring (bicyclic) bond motifs is 1. The summed E-state index contributed by atoms with van der Waals surface area (Å²) in [6.45, 7) is 0.531. The van der Waals surface area contributed by atoms with Crippen molar-refractivity contribution in [3.63, 3.8) is 0 Å². The van der Waals surface area contributed by atoms with Gasteiger partial charge in [-0.1, -0.05) is 11.8 Å². The number of rotatable bonds is 5. The van der Waals surface area contributed by atoms with Crippen molar-refractivity contribution in [1.82, 2.24) is 4.98 Å². The molecule has 0 spiro atoms. The van der Waals surface area contributed by atoms with Gasteiger partial charge in [-0.15, -0.1) is 0 Å². The van der Waals surface area contributed by atoms with Crippen molar-refractivity contribution in [2.45, 2.75) is 11.6 Å². The van der Waals surface area contributed by atoms with Crippen LogP contribution in [0.25, 0.3) is 0 Å². The number of nitrogens with zero attached hydrogens (tertiary/aromatic N) is 3. The molecular formula is C21H20FN5O3S. The Bertz CT molecular complexity index is 1070. The third-order valence-electron chi connectivity index (χ3n) is 5.45. The number of methoxy groups -OCH3 is 1. The number of aliphatic imine (C=N–C) groups is 1. The topological polar surface area (TPSA) is 123 Å². The van der Waals surface area contributed by atoms with Crippen molar-refractivity contribution in [3.05, 3.63) is 59.2 Å². The summed E-state index contributed by atoms with van der Waals surface area (Å²) in [6, 6.07) is 9.24. The first-order chi connectivity index (χ1) is 15.0. The van der Waals surface area contributed by atoms with Gasteiger partial charge in [-0.3, -0.25) is 4.79 Å². The van der Waals surface area contributed by atoms with Gasteiger partial charge in [0.1, 0.15) is 23.1 Å². The molecule has 8 nitrogen and oxygen atoms in total. The number of benzene rings is 1. The number of halogens is 1. The number of hydrogen-bond donors (Lipinski definition) is 2. The third-order valence-corrected chi connectivity index (χ3v) is 6.36. The average Bonchev–Trinajstić information content (AvgIpc) is 3.13. The van der Waals surface area contributed by atoms with Crippen LogP contribution in [0.5, 0.6) is 0 Å². The number of nitrogens with one attached hydrogen (secondary N) is 1. The summed E-state index contributed by atoms with van der Waals surface area (Å²) in [5.41, 5.74) is 6.21. The van der Waals surface area contributed by atoms with Gasteiger partial charge >= 0.3 is 0 Å². The number of nitriles is 1. The predicted molar refractivity (Wildman–Crippen MR) is 114 cm³/mol. The van der Waals surface area contributed by atoms with Crippen LogP contribution in [0.1, 0.15) is 21.6 Å². The van der Waals surface area contributed by atoms with Crippen LogP contribution in [-0.4, -0.2) is 48.2 Å². The second-order valence-corrected chi connectivity index (χ2v) is 8.33. The number of nitrogens with two attached hydrogens (primary N) is 1. The Balaban J connectivity index is 1.66. The van der Waals surface area contributed by atoms with E-state index in [0.717, 1.165) is 0 Å². The van der Waals surface area contributed by atoms with E-state index in [1.54, 1.807) is 13.2 Å². The standard InChI is InChI=1S/C21H20FN5O3S/c1-29-9-18-15-10-31-20(24)27-21(15,11-30-18)14-6-13(3-4-16(14)22)26-19(28)17-5-2-12(7-23)8-25-17/h2-6,8,15,18H,9-11H2,1H3,(H2,24,27)(H,26,28)/t15-,18-,21-/m1/s1. The first-order valence-corrected chi connectivity index (χ1v) is 10.5. The molecule has 0 radical (unpaired) electrons. The summed E-state index contributed by atoms with van der Waals surface area (Å²) >= 11 is 1.41. The van der Waals surface area contributed by atoms with E-state index in [2.05, 4.69) is 15.3 Å². The van der Waals surface area contributed by atoms with Crippen LogP contribution in [0.2, 0.25) is 0 Å². The number of hydrogen-bond acceptors (Lipinski definition) is 8. The van der Waals surface area contributed by atoms with E-state index in [9.17, 15) is 4.79 Å². The minimum Gasteiger partial charge on any atom is -0.382 e. The molecule has 2 aliphatic heterocycles. The molecule has 2 aromatic rings. The van der Waals surface area contributed by atoms with Gasteiger partial charge in [-0.2, -0.15) is 5.26 Å². The van der Waals surface area contributed by atoms with Gasteiger partial charge in [0.2, 0.25) is 0 Å². The second kappa shape index (κ2) is 8.63. The molecule has 1 saturated heterocycles. The highest BCUT2D eigenvalue weighted by Gasteiger charge is 2.54. The molecule has 1 aromatic heterocycles. The SMILES string of the molecule is COC[C@H]1OC[C@]2(c3cc(NC(=O)c4ccc(C#N)cn4)ccc3F)N=C(N)SC[C@H]12. The molecule has 3 N–H and O–H groups in total. The van der Waals surface area contributed by atoms with Crippen molar-refractivity contribution in [2.75, 3.05) is 31.4 Å². The molecule has 2 aliphatic rings. The fraction of sp³-hybridized carbons (Fsp3) is 0.333. The number of amides is 1. The fourth-order valence-electron chi connectivity index (χ4n) is 3.92. The summed E-state index contributed by atoms with van der Waals surface area (Å²) in [7, 11) is 1.59. The zero-order valence-corrected chi connectivity index (χ0v) is 17.5. The highest BCUT2D eigenvalue weighted by atomic mass is 32.2. The molecule has 160 valence electrons. The zero-order valence-electron chi connectivity index (χ0n) is 16.7. The van der Waals surface area contributed by atoms with Crippen molar-refractivity contribution in [3.8, 4) is 6.07 Å². The summed E-state index contributed by atoms with van der Waals surface area (Å²) in [6.07, 6.45) is 1.08. The van der Waals surface area contributed by atoms with E-state index in [-0.39, 0.29) is 24.3 Å². The molecule has 0 bridgehead atoms. The number of carbonyl (C=O) groups excluding carboxylic acids is 1. The van der Waals surface area contributed by atoms with Crippen LogP contribution in [0.15, 0.2) is 41.5 Å². The van der Waals surface area contributed by atoms with E-state index in [4.69, 9.17) is 20.5 Å². The van der Waals surface area contributed by atoms with Crippen LogP contribution in [-0.2, 0) is 15.0 Å². The third kappa shape index (κ3) is 3.99. The molecule has 0 saturated carbocycles. The van der Waals surface area contributed by atoms with Crippen molar-refractivity contribution < 1.29 is 18.7 Å². The van der Waals surface area contributed by atoms with Crippen LogP contribution in [0.4, 0.5) is 10.1 Å². The van der Waals surface area contributed by atoms with E-state index in [1.165, 1.54) is 42.2 Å². The fourth-order valence-corrected chi connectivity index (χ4v) is 4.99. The lowest BCUT2D eigenvalue weighted by molar-refractivity contribution is 0.0240. The second-order valence-electron chi connectivity index (χ2n) is 7.29. The normalized spacial score (nSPS) is 24.7. The number of ether oxygens (including phenoxy) is 2. The Morgan fingerprint density at radius 3 is 3.03 bits per heavy atom.